The first-order valence-electron chi connectivity index (χ1n) is 6.25. The lowest BCUT2D eigenvalue weighted by Crippen LogP contribution is -2.33. The van der Waals surface area contributed by atoms with Crippen molar-refractivity contribution < 1.29 is 4.79 Å². The molecule has 0 spiro atoms. The van der Waals surface area contributed by atoms with Gasteiger partial charge in [-0.15, -0.1) is 0 Å². The van der Waals surface area contributed by atoms with Crippen molar-refractivity contribution in [2.75, 3.05) is 13.1 Å². The summed E-state index contributed by atoms with van der Waals surface area (Å²) in [4.78, 5) is 25.9. The van der Waals surface area contributed by atoms with Gasteiger partial charge in [0.25, 0.3) is 5.91 Å². The molecule has 0 aliphatic carbocycles. The highest BCUT2D eigenvalue weighted by atomic mass is 16.2. The summed E-state index contributed by atoms with van der Waals surface area (Å²) < 4.78 is 0. The average Bonchev–Trinajstić information content (AvgIpc) is 2.49. The lowest BCUT2D eigenvalue weighted by Gasteiger charge is -2.20. The van der Waals surface area contributed by atoms with Crippen LogP contribution in [0.5, 0.6) is 0 Å². The van der Waals surface area contributed by atoms with Crippen LogP contribution in [0.2, 0.25) is 0 Å². The molecule has 0 saturated heterocycles. The Labute approximate surface area is 112 Å². The van der Waals surface area contributed by atoms with Crippen LogP contribution in [-0.2, 0) is 6.42 Å². The molecule has 2 rings (SSSR count). The molecule has 0 aromatic carbocycles. The Bertz CT molecular complexity index is 515. The second-order valence-corrected chi connectivity index (χ2v) is 4.08. The summed E-state index contributed by atoms with van der Waals surface area (Å²) in [6.45, 7) is 3.28. The van der Waals surface area contributed by atoms with Gasteiger partial charge in [-0.3, -0.25) is 14.8 Å². The van der Waals surface area contributed by atoms with Crippen molar-refractivity contribution in [3.8, 4) is 0 Å². The van der Waals surface area contributed by atoms with Crippen molar-refractivity contribution in [3.05, 3.63) is 54.4 Å². The van der Waals surface area contributed by atoms with E-state index in [-0.39, 0.29) is 5.91 Å². The van der Waals surface area contributed by atoms with Gasteiger partial charge in [-0.05, 0) is 31.0 Å². The number of carbonyl (C=O) groups excluding carboxylic acids is 1. The minimum atomic E-state index is -0.0790. The van der Waals surface area contributed by atoms with Gasteiger partial charge in [0, 0.05) is 37.9 Å². The summed E-state index contributed by atoms with van der Waals surface area (Å²) in [6, 6.07) is 3.92. The second kappa shape index (κ2) is 6.58. The van der Waals surface area contributed by atoms with Crippen molar-refractivity contribution in [2.45, 2.75) is 13.3 Å². The molecule has 0 radical (unpaired) electrons. The number of likely N-dealkylation sites (N-methyl/N-ethyl adjacent to an activating group) is 1. The first kappa shape index (κ1) is 13.1. The maximum Gasteiger partial charge on any atom is 0.274 e. The lowest BCUT2D eigenvalue weighted by molar-refractivity contribution is 0.0760. The number of aromatic nitrogens is 3. The van der Waals surface area contributed by atoms with Crippen LogP contribution in [0, 0.1) is 0 Å². The lowest BCUT2D eigenvalue weighted by atomic mass is 10.2. The molecule has 5 heteroatoms. The van der Waals surface area contributed by atoms with Crippen LogP contribution in [0.4, 0.5) is 0 Å². The van der Waals surface area contributed by atoms with E-state index in [1.165, 1.54) is 18.0 Å². The molecule has 0 N–H and O–H groups in total. The Morgan fingerprint density at radius 1 is 1.16 bits per heavy atom. The fraction of sp³-hybridized carbons (Fsp3) is 0.286. The molecule has 0 unspecified atom stereocenters. The van der Waals surface area contributed by atoms with Crippen molar-refractivity contribution in [1.82, 2.24) is 19.9 Å². The number of rotatable bonds is 5. The summed E-state index contributed by atoms with van der Waals surface area (Å²) in [7, 11) is 0. The van der Waals surface area contributed by atoms with Gasteiger partial charge >= 0.3 is 0 Å². The molecule has 0 saturated carbocycles. The van der Waals surface area contributed by atoms with E-state index in [9.17, 15) is 4.79 Å². The first-order chi connectivity index (χ1) is 9.31. The third kappa shape index (κ3) is 3.58. The Kier molecular flexibility index (Phi) is 4.55. The van der Waals surface area contributed by atoms with Gasteiger partial charge in [0.15, 0.2) is 0 Å². The summed E-state index contributed by atoms with van der Waals surface area (Å²) in [5, 5.41) is 0. The van der Waals surface area contributed by atoms with Crippen molar-refractivity contribution in [1.29, 1.82) is 0 Å². The smallest absolute Gasteiger partial charge is 0.274 e. The highest BCUT2D eigenvalue weighted by molar-refractivity contribution is 5.91. The molecule has 5 nitrogen and oxygen atoms in total. The molecular weight excluding hydrogens is 240 g/mol. The van der Waals surface area contributed by atoms with E-state index in [4.69, 9.17) is 0 Å². The molecule has 0 fully saturated rings. The van der Waals surface area contributed by atoms with Gasteiger partial charge < -0.3 is 4.90 Å². The van der Waals surface area contributed by atoms with Crippen LogP contribution in [0.15, 0.2) is 43.1 Å². The van der Waals surface area contributed by atoms with E-state index in [0.717, 1.165) is 6.42 Å². The number of nitrogens with zero attached hydrogens (tertiary/aromatic N) is 4. The van der Waals surface area contributed by atoms with Gasteiger partial charge in [-0.1, -0.05) is 0 Å². The van der Waals surface area contributed by atoms with E-state index < -0.39 is 0 Å². The largest absolute Gasteiger partial charge is 0.337 e. The van der Waals surface area contributed by atoms with Gasteiger partial charge in [0.1, 0.15) is 5.69 Å². The van der Waals surface area contributed by atoms with E-state index >= 15 is 0 Å². The van der Waals surface area contributed by atoms with Crippen LogP contribution in [-0.4, -0.2) is 38.8 Å². The van der Waals surface area contributed by atoms with Crippen LogP contribution in [0.25, 0.3) is 0 Å². The van der Waals surface area contributed by atoms with Crippen LogP contribution in [0.3, 0.4) is 0 Å². The van der Waals surface area contributed by atoms with Gasteiger partial charge in [0.2, 0.25) is 0 Å². The predicted octanol–water partition coefficient (Wildman–Crippen LogP) is 1.58. The monoisotopic (exact) mass is 256 g/mol. The van der Waals surface area contributed by atoms with Gasteiger partial charge in [-0.2, -0.15) is 0 Å². The molecule has 0 aliphatic rings. The van der Waals surface area contributed by atoms with Gasteiger partial charge in [0.05, 0.1) is 6.20 Å². The molecule has 98 valence electrons. The number of amides is 1. The van der Waals surface area contributed by atoms with Crippen molar-refractivity contribution in [2.24, 2.45) is 0 Å². The molecule has 2 aromatic heterocycles. The molecule has 0 bridgehead atoms. The quantitative estimate of drug-likeness (QED) is 0.815. The molecule has 19 heavy (non-hydrogen) atoms. The average molecular weight is 256 g/mol. The van der Waals surface area contributed by atoms with E-state index in [1.807, 2.05) is 19.1 Å². The number of hydrogen-bond donors (Lipinski definition) is 0. The van der Waals surface area contributed by atoms with E-state index in [0.29, 0.717) is 18.8 Å². The summed E-state index contributed by atoms with van der Waals surface area (Å²) in [5.74, 6) is -0.0790. The SMILES string of the molecule is CCN(CCc1ccncc1)C(=O)c1cnccn1. The molecule has 0 atom stereocenters. The zero-order chi connectivity index (χ0) is 13.5. The Morgan fingerprint density at radius 2 is 1.95 bits per heavy atom. The van der Waals surface area contributed by atoms with E-state index in [1.54, 1.807) is 23.5 Å². The van der Waals surface area contributed by atoms with E-state index in [2.05, 4.69) is 15.0 Å². The Morgan fingerprint density at radius 3 is 2.58 bits per heavy atom. The van der Waals surface area contributed by atoms with Gasteiger partial charge in [-0.25, -0.2) is 4.98 Å². The first-order valence-corrected chi connectivity index (χ1v) is 6.25. The maximum atomic E-state index is 12.2. The standard InChI is InChI=1S/C14H16N4O/c1-2-18(10-5-12-3-6-15-7-4-12)14(19)13-11-16-8-9-17-13/h3-4,6-9,11H,2,5,10H2,1H3. The Balaban J connectivity index is 1.99. The predicted molar refractivity (Wildman–Crippen MR) is 71.6 cm³/mol. The number of hydrogen-bond acceptors (Lipinski definition) is 4. The molecule has 0 aliphatic heterocycles. The zero-order valence-electron chi connectivity index (χ0n) is 10.9. The molecule has 2 heterocycles. The van der Waals surface area contributed by atoms with Crippen molar-refractivity contribution >= 4 is 5.91 Å². The second-order valence-electron chi connectivity index (χ2n) is 4.08. The van der Waals surface area contributed by atoms with Crippen LogP contribution >= 0.6 is 0 Å². The van der Waals surface area contributed by atoms with Crippen LogP contribution in [0.1, 0.15) is 23.0 Å². The normalized spacial score (nSPS) is 10.2. The third-order valence-electron chi connectivity index (χ3n) is 2.87. The minimum Gasteiger partial charge on any atom is -0.337 e. The highest BCUT2D eigenvalue weighted by Crippen LogP contribution is 2.04. The topological polar surface area (TPSA) is 59.0 Å². The summed E-state index contributed by atoms with van der Waals surface area (Å²) in [5.41, 5.74) is 1.56. The Hall–Kier alpha value is -2.30. The summed E-state index contributed by atoms with van der Waals surface area (Å²) >= 11 is 0. The number of pyridine rings is 1. The maximum absolute atomic E-state index is 12.2. The fourth-order valence-corrected chi connectivity index (χ4v) is 1.79. The molecular formula is C14H16N4O. The number of carbonyl (C=O) groups is 1. The zero-order valence-corrected chi connectivity index (χ0v) is 10.9. The molecule has 1 amide bonds. The van der Waals surface area contributed by atoms with Crippen molar-refractivity contribution in [3.63, 3.8) is 0 Å². The third-order valence-corrected chi connectivity index (χ3v) is 2.87. The summed E-state index contributed by atoms with van der Waals surface area (Å²) in [6.07, 6.45) is 8.92. The minimum absolute atomic E-state index is 0.0790. The molecule has 2 aromatic rings. The highest BCUT2D eigenvalue weighted by Gasteiger charge is 2.15. The van der Waals surface area contributed by atoms with Crippen LogP contribution < -0.4 is 0 Å². The fourth-order valence-electron chi connectivity index (χ4n) is 1.79.